The number of phenolic OH excluding ortho intramolecular Hbond substituents is 1. The number of ether oxygens (including phenoxy) is 1. The second kappa shape index (κ2) is 6.67. The van der Waals surface area contributed by atoms with Gasteiger partial charge >= 0.3 is 0 Å². The summed E-state index contributed by atoms with van der Waals surface area (Å²) in [6.07, 6.45) is 3.57. The molecule has 0 amide bonds. The number of aromatic hydroxyl groups is 1. The van der Waals surface area contributed by atoms with E-state index < -0.39 is 0 Å². The van der Waals surface area contributed by atoms with Gasteiger partial charge in [0.05, 0.1) is 5.60 Å². The fourth-order valence-electron chi connectivity index (χ4n) is 3.73. The van der Waals surface area contributed by atoms with E-state index in [9.17, 15) is 5.11 Å². The van der Waals surface area contributed by atoms with Crippen molar-refractivity contribution in [3.05, 3.63) is 54.6 Å². The van der Waals surface area contributed by atoms with Crippen molar-refractivity contribution in [2.24, 2.45) is 0 Å². The molecule has 5 heteroatoms. The largest absolute Gasteiger partial charge is 0.507 e. The van der Waals surface area contributed by atoms with Gasteiger partial charge in [0.1, 0.15) is 11.4 Å². The van der Waals surface area contributed by atoms with Gasteiger partial charge in [-0.1, -0.05) is 43.0 Å². The van der Waals surface area contributed by atoms with Crippen molar-refractivity contribution in [2.45, 2.75) is 31.4 Å². The minimum atomic E-state index is -0.0560. The fourth-order valence-corrected chi connectivity index (χ4v) is 3.73. The summed E-state index contributed by atoms with van der Waals surface area (Å²) < 4.78 is 5.53. The van der Waals surface area contributed by atoms with E-state index in [2.05, 4.69) is 29.0 Å². The van der Waals surface area contributed by atoms with Crippen molar-refractivity contribution < 1.29 is 9.84 Å². The molecule has 5 nitrogen and oxygen atoms in total. The van der Waals surface area contributed by atoms with Crippen molar-refractivity contribution >= 4 is 22.7 Å². The predicted molar refractivity (Wildman–Crippen MR) is 109 cm³/mol. The lowest BCUT2D eigenvalue weighted by Crippen LogP contribution is -2.49. The standard InChI is InChI=1S/C22H23N3O2/c1-4-14-9-10-18(19(26)11-14)20-16-7-5-6-8-17(16)21(25-24-20)23-15-12-22(2,13-15)27-3/h4-11,15,26H,1,12-13H2,2-3H3,(H,23,25). The van der Waals surface area contributed by atoms with Crippen LogP contribution in [-0.2, 0) is 4.74 Å². The average Bonchev–Trinajstić information content (AvgIpc) is 2.67. The molecule has 0 atom stereocenters. The normalized spacial score (nSPS) is 21.6. The van der Waals surface area contributed by atoms with Crippen LogP contribution in [0.25, 0.3) is 28.1 Å². The number of benzene rings is 2. The summed E-state index contributed by atoms with van der Waals surface area (Å²) in [6.45, 7) is 5.86. The first kappa shape index (κ1) is 17.5. The predicted octanol–water partition coefficient (Wildman–Crippen LogP) is 4.62. The number of nitrogens with one attached hydrogen (secondary N) is 1. The molecule has 0 aliphatic heterocycles. The van der Waals surface area contributed by atoms with Gasteiger partial charge in [-0.25, -0.2) is 0 Å². The Kier molecular flexibility index (Phi) is 4.32. The van der Waals surface area contributed by atoms with Crippen LogP contribution in [0.5, 0.6) is 5.75 Å². The van der Waals surface area contributed by atoms with Crippen LogP contribution in [0.4, 0.5) is 5.82 Å². The highest BCUT2D eigenvalue weighted by atomic mass is 16.5. The number of nitrogens with zero attached hydrogens (tertiary/aromatic N) is 2. The smallest absolute Gasteiger partial charge is 0.156 e. The third kappa shape index (κ3) is 3.15. The van der Waals surface area contributed by atoms with E-state index >= 15 is 0 Å². The van der Waals surface area contributed by atoms with Crippen LogP contribution >= 0.6 is 0 Å². The number of anilines is 1. The van der Waals surface area contributed by atoms with Gasteiger partial charge in [0, 0.05) is 29.5 Å². The lowest BCUT2D eigenvalue weighted by atomic mass is 9.77. The maximum atomic E-state index is 10.4. The Morgan fingerprint density at radius 2 is 1.93 bits per heavy atom. The van der Waals surface area contributed by atoms with Crippen LogP contribution in [0.3, 0.4) is 0 Å². The Bertz CT molecular complexity index is 1010. The third-order valence-electron chi connectivity index (χ3n) is 5.39. The molecule has 138 valence electrons. The molecule has 3 aromatic rings. The number of hydrogen-bond donors (Lipinski definition) is 2. The van der Waals surface area contributed by atoms with E-state index in [1.807, 2.05) is 36.4 Å². The maximum absolute atomic E-state index is 10.4. The molecule has 0 bridgehead atoms. The molecule has 0 saturated heterocycles. The second-order valence-electron chi connectivity index (χ2n) is 7.33. The van der Waals surface area contributed by atoms with Crippen molar-refractivity contribution in [1.82, 2.24) is 10.2 Å². The van der Waals surface area contributed by atoms with Crippen molar-refractivity contribution in [2.75, 3.05) is 12.4 Å². The molecule has 1 aliphatic carbocycles. The van der Waals surface area contributed by atoms with Crippen LogP contribution in [0.1, 0.15) is 25.3 Å². The van der Waals surface area contributed by atoms with Gasteiger partial charge in [-0.3, -0.25) is 0 Å². The second-order valence-corrected chi connectivity index (χ2v) is 7.33. The molecule has 1 fully saturated rings. The zero-order chi connectivity index (χ0) is 19.0. The topological polar surface area (TPSA) is 67.3 Å². The van der Waals surface area contributed by atoms with E-state index in [0.717, 1.165) is 35.0 Å². The van der Waals surface area contributed by atoms with Crippen molar-refractivity contribution in [3.8, 4) is 17.0 Å². The first-order chi connectivity index (χ1) is 13.0. The molecule has 1 saturated carbocycles. The molecule has 0 radical (unpaired) electrons. The quantitative estimate of drug-likeness (QED) is 0.694. The maximum Gasteiger partial charge on any atom is 0.156 e. The van der Waals surface area contributed by atoms with Crippen molar-refractivity contribution in [1.29, 1.82) is 0 Å². The average molecular weight is 361 g/mol. The summed E-state index contributed by atoms with van der Waals surface area (Å²) in [5.74, 6) is 0.933. The van der Waals surface area contributed by atoms with Gasteiger partial charge in [-0.15, -0.1) is 10.2 Å². The molecule has 1 aliphatic rings. The fraction of sp³-hybridized carbons (Fsp3) is 0.273. The van der Waals surface area contributed by atoms with E-state index in [1.165, 1.54) is 0 Å². The van der Waals surface area contributed by atoms with Crippen molar-refractivity contribution in [3.63, 3.8) is 0 Å². The van der Waals surface area contributed by atoms with Crippen LogP contribution in [0.2, 0.25) is 0 Å². The van der Waals surface area contributed by atoms with Gasteiger partial charge in [0.15, 0.2) is 5.82 Å². The summed E-state index contributed by atoms with van der Waals surface area (Å²) in [4.78, 5) is 0. The molecule has 1 aromatic heterocycles. The summed E-state index contributed by atoms with van der Waals surface area (Å²) in [5.41, 5.74) is 2.13. The minimum absolute atomic E-state index is 0.0560. The molecule has 27 heavy (non-hydrogen) atoms. The SMILES string of the molecule is C=Cc1ccc(-c2nnc(NC3CC(C)(OC)C3)c3ccccc23)c(O)c1. The lowest BCUT2D eigenvalue weighted by molar-refractivity contribution is -0.0625. The monoisotopic (exact) mass is 361 g/mol. The third-order valence-corrected chi connectivity index (χ3v) is 5.39. The molecule has 0 unspecified atom stereocenters. The Morgan fingerprint density at radius 1 is 1.19 bits per heavy atom. The Labute approximate surface area is 158 Å². The first-order valence-corrected chi connectivity index (χ1v) is 9.06. The van der Waals surface area contributed by atoms with Gasteiger partial charge in [0.25, 0.3) is 0 Å². The van der Waals surface area contributed by atoms with Crippen LogP contribution in [-0.4, -0.2) is 34.1 Å². The van der Waals surface area contributed by atoms with Crippen LogP contribution in [0, 0.1) is 0 Å². The lowest BCUT2D eigenvalue weighted by Gasteiger charge is -2.44. The number of rotatable bonds is 5. The number of methoxy groups -OCH3 is 1. The van der Waals surface area contributed by atoms with Crippen LogP contribution in [0.15, 0.2) is 49.0 Å². The van der Waals surface area contributed by atoms with Crippen LogP contribution < -0.4 is 5.32 Å². The number of hydrogen-bond acceptors (Lipinski definition) is 5. The Balaban J connectivity index is 1.72. The number of phenols is 1. The highest BCUT2D eigenvalue weighted by molar-refractivity contribution is 6.01. The highest BCUT2D eigenvalue weighted by Crippen LogP contribution is 2.39. The number of aromatic nitrogens is 2. The van der Waals surface area contributed by atoms with E-state index in [0.29, 0.717) is 17.3 Å². The minimum Gasteiger partial charge on any atom is -0.507 e. The van der Waals surface area contributed by atoms with E-state index in [1.54, 1.807) is 19.3 Å². The summed E-state index contributed by atoms with van der Waals surface area (Å²) in [6, 6.07) is 13.8. The molecule has 0 spiro atoms. The Morgan fingerprint density at radius 3 is 2.59 bits per heavy atom. The molecule has 1 heterocycles. The zero-order valence-electron chi connectivity index (χ0n) is 15.6. The molecular formula is C22H23N3O2. The summed E-state index contributed by atoms with van der Waals surface area (Å²) in [7, 11) is 1.75. The zero-order valence-corrected chi connectivity index (χ0v) is 15.6. The molecule has 4 rings (SSSR count). The molecular weight excluding hydrogens is 338 g/mol. The molecule has 2 aromatic carbocycles. The molecule has 2 N–H and O–H groups in total. The highest BCUT2D eigenvalue weighted by Gasteiger charge is 2.40. The van der Waals surface area contributed by atoms with Gasteiger partial charge < -0.3 is 15.2 Å². The van der Waals surface area contributed by atoms with Gasteiger partial charge in [-0.2, -0.15) is 0 Å². The first-order valence-electron chi connectivity index (χ1n) is 9.06. The van der Waals surface area contributed by atoms with Gasteiger partial charge in [-0.05, 0) is 37.5 Å². The summed E-state index contributed by atoms with van der Waals surface area (Å²) in [5, 5.41) is 24.7. The summed E-state index contributed by atoms with van der Waals surface area (Å²) >= 11 is 0. The Hall–Kier alpha value is -2.92. The van der Waals surface area contributed by atoms with E-state index in [4.69, 9.17) is 4.74 Å². The van der Waals surface area contributed by atoms with Gasteiger partial charge in [0.2, 0.25) is 0 Å². The number of fused-ring (bicyclic) bond motifs is 1. The van der Waals surface area contributed by atoms with E-state index in [-0.39, 0.29) is 11.4 Å².